The lowest BCUT2D eigenvalue weighted by Gasteiger charge is -2.19. The number of nitrogens with one attached hydrogen (secondary N) is 1. The summed E-state index contributed by atoms with van der Waals surface area (Å²) in [7, 11) is 0. The van der Waals surface area contributed by atoms with E-state index in [2.05, 4.69) is 72.9 Å². The zero-order chi connectivity index (χ0) is 19.0. The van der Waals surface area contributed by atoms with E-state index in [1.807, 2.05) is 0 Å². The molecule has 0 saturated heterocycles. The van der Waals surface area contributed by atoms with Crippen LogP contribution in [-0.2, 0) is 0 Å². The van der Waals surface area contributed by atoms with Crippen molar-refractivity contribution >= 4 is 0 Å². The molecule has 0 spiro atoms. The maximum Gasteiger partial charge on any atom is 0.0214 e. The van der Waals surface area contributed by atoms with Gasteiger partial charge in [0.25, 0.3) is 0 Å². The van der Waals surface area contributed by atoms with Crippen LogP contribution in [0.25, 0.3) is 0 Å². The Bertz CT molecular complexity index is 524. The third kappa shape index (κ3) is 9.24. The van der Waals surface area contributed by atoms with Crippen LogP contribution in [-0.4, -0.2) is 13.1 Å². The third-order valence-electron chi connectivity index (χ3n) is 5.46. The Morgan fingerprint density at radius 1 is 0.593 bits per heavy atom. The summed E-state index contributed by atoms with van der Waals surface area (Å²) in [5, 5.41) is 3.71. The number of unbranched alkanes of at least 4 members (excludes halogenated alkanes) is 9. The molecule has 0 aliphatic carbocycles. The van der Waals surface area contributed by atoms with Gasteiger partial charge in [-0.15, -0.1) is 0 Å². The first kappa shape index (κ1) is 21.7. The highest BCUT2D eigenvalue weighted by atomic mass is 14.9. The predicted octanol–water partition coefficient (Wildman–Crippen LogP) is 7.33. The molecule has 0 aromatic heterocycles. The van der Waals surface area contributed by atoms with Crippen molar-refractivity contribution in [3.05, 3.63) is 71.8 Å². The fourth-order valence-corrected chi connectivity index (χ4v) is 3.78. The molecule has 0 aliphatic heterocycles. The van der Waals surface area contributed by atoms with Crippen LogP contribution in [0.3, 0.4) is 0 Å². The van der Waals surface area contributed by atoms with E-state index in [0.29, 0.717) is 5.92 Å². The van der Waals surface area contributed by atoms with Crippen LogP contribution in [0.5, 0.6) is 0 Å². The molecule has 0 amide bonds. The summed E-state index contributed by atoms with van der Waals surface area (Å²) in [5.41, 5.74) is 2.80. The number of benzene rings is 2. The van der Waals surface area contributed by atoms with E-state index in [1.165, 1.54) is 75.3 Å². The van der Waals surface area contributed by atoms with Crippen molar-refractivity contribution in [2.45, 2.75) is 77.0 Å². The average Bonchev–Trinajstić information content (AvgIpc) is 2.73. The second kappa shape index (κ2) is 14.5. The van der Waals surface area contributed by atoms with E-state index in [-0.39, 0.29) is 0 Å². The van der Waals surface area contributed by atoms with Gasteiger partial charge in [0.05, 0.1) is 0 Å². The first-order chi connectivity index (χ1) is 13.4. The van der Waals surface area contributed by atoms with Gasteiger partial charge in [-0.1, -0.05) is 125 Å². The topological polar surface area (TPSA) is 12.0 Å². The fourth-order valence-electron chi connectivity index (χ4n) is 3.78. The van der Waals surface area contributed by atoms with Gasteiger partial charge in [-0.3, -0.25) is 0 Å². The molecule has 0 radical (unpaired) electrons. The molecular weight excluding hydrogens is 326 g/mol. The molecule has 0 fully saturated rings. The van der Waals surface area contributed by atoms with Gasteiger partial charge in [-0.2, -0.15) is 0 Å². The highest BCUT2D eigenvalue weighted by molar-refractivity contribution is 5.32. The zero-order valence-corrected chi connectivity index (χ0v) is 17.3. The summed E-state index contributed by atoms with van der Waals surface area (Å²) in [6.45, 7) is 4.44. The molecule has 1 N–H and O–H groups in total. The lowest BCUT2D eigenvalue weighted by atomic mass is 9.91. The van der Waals surface area contributed by atoms with Crippen LogP contribution in [0, 0.1) is 0 Å². The minimum absolute atomic E-state index is 0.440. The minimum Gasteiger partial charge on any atom is -0.316 e. The standard InChI is InChI=1S/C26H39N/c1-2-3-4-5-6-7-8-9-10-17-22-27-23-26(24-18-13-11-14-19-24)25-20-15-12-16-21-25/h11-16,18-21,26-27H,2-10,17,22-23H2,1H3. The van der Waals surface area contributed by atoms with Gasteiger partial charge in [0.2, 0.25) is 0 Å². The van der Waals surface area contributed by atoms with Crippen molar-refractivity contribution in [3.8, 4) is 0 Å². The highest BCUT2D eigenvalue weighted by Crippen LogP contribution is 2.23. The van der Waals surface area contributed by atoms with Crippen LogP contribution < -0.4 is 5.32 Å². The first-order valence-electron chi connectivity index (χ1n) is 11.2. The first-order valence-corrected chi connectivity index (χ1v) is 11.2. The zero-order valence-electron chi connectivity index (χ0n) is 17.3. The molecule has 0 unspecified atom stereocenters. The van der Waals surface area contributed by atoms with Crippen molar-refractivity contribution in [3.63, 3.8) is 0 Å². The van der Waals surface area contributed by atoms with Crippen LogP contribution >= 0.6 is 0 Å². The van der Waals surface area contributed by atoms with E-state index in [9.17, 15) is 0 Å². The molecule has 148 valence electrons. The van der Waals surface area contributed by atoms with Crippen molar-refractivity contribution < 1.29 is 0 Å². The fraction of sp³-hybridized carbons (Fsp3) is 0.538. The average molecular weight is 366 g/mol. The SMILES string of the molecule is CCCCCCCCCCCCNCC(c1ccccc1)c1ccccc1. The predicted molar refractivity (Wildman–Crippen MR) is 119 cm³/mol. The summed E-state index contributed by atoms with van der Waals surface area (Å²) in [6.07, 6.45) is 14.0. The summed E-state index contributed by atoms with van der Waals surface area (Å²) in [4.78, 5) is 0. The van der Waals surface area contributed by atoms with Crippen LogP contribution in [0.2, 0.25) is 0 Å². The van der Waals surface area contributed by atoms with Crippen molar-refractivity contribution in [1.29, 1.82) is 0 Å². The van der Waals surface area contributed by atoms with Gasteiger partial charge in [0, 0.05) is 12.5 Å². The molecule has 1 nitrogen and oxygen atoms in total. The van der Waals surface area contributed by atoms with E-state index >= 15 is 0 Å². The molecule has 2 aromatic rings. The maximum atomic E-state index is 3.71. The van der Waals surface area contributed by atoms with Crippen LogP contribution in [0.1, 0.15) is 88.2 Å². The largest absolute Gasteiger partial charge is 0.316 e. The van der Waals surface area contributed by atoms with Gasteiger partial charge < -0.3 is 5.32 Å². The molecule has 1 heteroatoms. The molecule has 27 heavy (non-hydrogen) atoms. The van der Waals surface area contributed by atoms with Gasteiger partial charge in [-0.05, 0) is 24.1 Å². The Morgan fingerprint density at radius 2 is 1.04 bits per heavy atom. The maximum absolute atomic E-state index is 3.71. The lowest BCUT2D eigenvalue weighted by Crippen LogP contribution is -2.23. The van der Waals surface area contributed by atoms with E-state index in [1.54, 1.807) is 0 Å². The molecular formula is C26H39N. The van der Waals surface area contributed by atoms with Gasteiger partial charge in [0.15, 0.2) is 0 Å². The molecule has 2 aromatic carbocycles. The molecule has 2 rings (SSSR count). The van der Waals surface area contributed by atoms with Gasteiger partial charge in [0.1, 0.15) is 0 Å². The normalized spacial score (nSPS) is 11.2. The van der Waals surface area contributed by atoms with E-state index < -0.39 is 0 Å². The van der Waals surface area contributed by atoms with E-state index in [4.69, 9.17) is 0 Å². The second-order valence-electron chi connectivity index (χ2n) is 7.76. The number of hydrogen-bond acceptors (Lipinski definition) is 1. The highest BCUT2D eigenvalue weighted by Gasteiger charge is 2.12. The van der Waals surface area contributed by atoms with Crippen LogP contribution in [0.4, 0.5) is 0 Å². The molecule has 0 saturated carbocycles. The third-order valence-corrected chi connectivity index (χ3v) is 5.46. The number of rotatable bonds is 15. The molecule has 0 bridgehead atoms. The summed E-state index contributed by atoms with van der Waals surface area (Å²) >= 11 is 0. The van der Waals surface area contributed by atoms with Crippen molar-refractivity contribution in [2.75, 3.05) is 13.1 Å². The summed E-state index contributed by atoms with van der Waals surface area (Å²) in [6, 6.07) is 21.8. The Balaban J connectivity index is 1.60. The Labute approximate surface area is 167 Å². The smallest absolute Gasteiger partial charge is 0.0214 e. The lowest BCUT2D eigenvalue weighted by molar-refractivity contribution is 0.539. The quantitative estimate of drug-likeness (QED) is 0.326. The minimum atomic E-state index is 0.440. The second-order valence-corrected chi connectivity index (χ2v) is 7.76. The van der Waals surface area contributed by atoms with Gasteiger partial charge >= 0.3 is 0 Å². The summed E-state index contributed by atoms with van der Waals surface area (Å²) in [5.74, 6) is 0.440. The van der Waals surface area contributed by atoms with E-state index in [0.717, 1.165) is 13.1 Å². The molecule has 0 heterocycles. The number of hydrogen-bond donors (Lipinski definition) is 1. The molecule has 0 aliphatic rings. The Kier molecular flexibility index (Phi) is 11.6. The Hall–Kier alpha value is -1.60. The summed E-state index contributed by atoms with van der Waals surface area (Å²) < 4.78 is 0. The van der Waals surface area contributed by atoms with Crippen molar-refractivity contribution in [2.24, 2.45) is 0 Å². The van der Waals surface area contributed by atoms with Crippen molar-refractivity contribution in [1.82, 2.24) is 5.32 Å². The van der Waals surface area contributed by atoms with Gasteiger partial charge in [-0.25, -0.2) is 0 Å². The monoisotopic (exact) mass is 365 g/mol. The van der Waals surface area contributed by atoms with Crippen LogP contribution in [0.15, 0.2) is 60.7 Å². The Morgan fingerprint density at radius 3 is 1.52 bits per heavy atom. The molecule has 0 atom stereocenters.